The molecule has 0 radical (unpaired) electrons. The third-order valence-electron chi connectivity index (χ3n) is 8.21. The number of ether oxygens (including phenoxy) is 1. The Morgan fingerprint density at radius 1 is 0.974 bits per heavy atom. The number of fused-ring (bicyclic) bond motifs is 1. The van der Waals surface area contributed by atoms with Gasteiger partial charge >= 0.3 is 5.97 Å². The maximum Gasteiger partial charge on any atom is 0.316 e. The SMILES string of the molecule is O=C(OCc1ccccc1)C(c1ccccc1)C1(O)CCN(CCCCCc2ccc3c(n2)NCCC3)CC1. The number of unbranched alkanes of at least 4 members (excludes halogenated alkanes) is 2. The second-order valence-electron chi connectivity index (χ2n) is 11.0. The average Bonchev–Trinajstić information content (AvgIpc) is 2.98. The van der Waals surface area contributed by atoms with Gasteiger partial charge in [-0.1, -0.05) is 73.2 Å². The number of nitrogens with one attached hydrogen (secondary N) is 1. The molecule has 0 aliphatic carbocycles. The number of carbonyl (C=O) groups excluding carboxylic acids is 1. The summed E-state index contributed by atoms with van der Waals surface area (Å²) in [6.45, 7) is 3.81. The van der Waals surface area contributed by atoms with Gasteiger partial charge in [0.1, 0.15) is 18.3 Å². The Bertz CT molecular complexity index is 1190. The van der Waals surface area contributed by atoms with Crippen molar-refractivity contribution in [2.75, 3.05) is 31.5 Å². The molecule has 1 fully saturated rings. The van der Waals surface area contributed by atoms with Gasteiger partial charge in [0.25, 0.3) is 0 Å². The molecule has 5 rings (SSSR count). The number of likely N-dealkylation sites (tertiary alicyclic amines) is 1. The van der Waals surface area contributed by atoms with E-state index in [1.54, 1.807) is 0 Å². The van der Waals surface area contributed by atoms with Gasteiger partial charge in [0.05, 0.1) is 5.60 Å². The second-order valence-corrected chi connectivity index (χ2v) is 11.0. The van der Waals surface area contributed by atoms with Crippen LogP contribution in [0.5, 0.6) is 0 Å². The van der Waals surface area contributed by atoms with Crippen LogP contribution < -0.4 is 5.32 Å². The molecular weight excluding hydrogens is 486 g/mol. The minimum absolute atomic E-state index is 0.211. The number of pyridine rings is 1. The number of benzene rings is 2. The first kappa shape index (κ1) is 27.4. The number of carbonyl (C=O) groups is 1. The molecule has 6 nitrogen and oxygen atoms in total. The molecule has 0 amide bonds. The van der Waals surface area contributed by atoms with Crippen LogP contribution in [0.15, 0.2) is 72.8 Å². The summed E-state index contributed by atoms with van der Waals surface area (Å²) in [6, 6.07) is 23.7. The fraction of sp³-hybridized carbons (Fsp3) is 0.455. The van der Waals surface area contributed by atoms with E-state index in [1.165, 1.54) is 17.7 Å². The van der Waals surface area contributed by atoms with Crippen LogP contribution in [0.4, 0.5) is 5.82 Å². The van der Waals surface area contributed by atoms with E-state index in [0.29, 0.717) is 12.8 Å². The zero-order valence-electron chi connectivity index (χ0n) is 22.9. The molecule has 3 heterocycles. The summed E-state index contributed by atoms with van der Waals surface area (Å²) in [5, 5.41) is 15.2. The van der Waals surface area contributed by atoms with Crippen molar-refractivity contribution >= 4 is 11.8 Å². The molecular formula is C33H41N3O3. The largest absolute Gasteiger partial charge is 0.460 e. The van der Waals surface area contributed by atoms with E-state index in [9.17, 15) is 9.90 Å². The number of esters is 1. The Labute approximate surface area is 232 Å². The molecule has 0 bridgehead atoms. The standard InChI is InChI=1S/C33H41N3O3/c37-32(39-25-26-11-4-1-5-12-26)30(27-13-6-2-7-14-27)33(38)19-23-36(24-20-33)22-9-3-8-16-29-18-17-28-15-10-21-34-31(28)35-29/h1-2,4-7,11-14,17-18,30,38H,3,8-10,15-16,19-25H2,(H,34,35). The van der Waals surface area contributed by atoms with Crippen LogP contribution in [0.2, 0.25) is 0 Å². The maximum absolute atomic E-state index is 13.3. The molecule has 0 spiro atoms. The second kappa shape index (κ2) is 13.2. The highest BCUT2D eigenvalue weighted by Gasteiger charge is 2.45. The van der Waals surface area contributed by atoms with Crippen molar-refractivity contribution in [1.29, 1.82) is 0 Å². The number of aryl methyl sites for hydroxylation is 2. The third-order valence-corrected chi connectivity index (χ3v) is 8.21. The molecule has 6 heteroatoms. The highest BCUT2D eigenvalue weighted by atomic mass is 16.5. The number of aliphatic hydroxyl groups is 1. The Morgan fingerprint density at radius 3 is 2.49 bits per heavy atom. The van der Waals surface area contributed by atoms with Crippen LogP contribution in [0.3, 0.4) is 0 Å². The Hall–Kier alpha value is -3.22. The average molecular weight is 528 g/mol. The lowest BCUT2D eigenvalue weighted by molar-refractivity contribution is -0.156. The topological polar surface area (TPSA) is 74.7 Å². The van der Waals surface area contributed by atoms with Gasteiger partial charge in [-0.3, -0.25) is 4.79 Å². The van der Waals surface area contributed by atoms with Gasteiger partial charge in [-0.05, 0) is 74.2 Å². The monoisotopic (exact) mass is 527 g/mol. The molecule has 206 valence electrons. The highest BCUT2D eigenvalue weighted by Crippen LogP contribution is 2.38. The molecule has 2 N–H and O–H groups in total. The fourth-order valence-corrected chi connectivity index (χ4v) is 5.90. The first-order valence-electron chi connectivity index (χ1n) is 14.5. The number of piperidine rings is 1. The lowest BCUT2D eigenvalue weighted by Gasteiger charge is -2.42. The van der Waals surface area contributed by atoms with Crippen LogP contribution in [-0.2, 0) is 29.0 Å². The third kappa shape index (κ3) is 7.25. The molecule has 2 aliphatic heterocycles. The van der Waals surface area contributed by atoms with Gasteiger partial charge < -0.3 is 20.1 Å². The molecule has 2 aromatic carbocycles. The van der Waals surface area contributed by atoms with Gasteiger partial charge in [-0.25, -0.2) is 4.98 Å². The van der Waals surface area contributed by atoms with Crippen LogP contribution in [0, 0.1) is 0 Å². The Kier molecular flexibility index (Phi) is 9.27. The van der Waals surface area contributed by atoms with Crippen molar-refractivity contribution in [3.63, 3.8) is 0 Å². The van der Waals surface area contributed by atoms with E-state index in [4.69, 9.17) is 9.72 Å². The lowest BCUT2D eigenvalue weighted by atomic mass is 9.75. The maximum atomic E-state index is 13.3. The normalized spacial score (nSPS) is 17.6. The summed E-state index contributed by atoms with van der Waals surface area (Å²) in [4.78, 5) is 20.6. The van der Waals surface area contributed by atoms with E-state index in [-0.39, 0.29) is 12.6 Å². The summed E-state index contributed by atoms with van der Waals surface area (Å²) in [5.74, 6) is 0.0347. The van der Waals surface area contributed by atoms with E-state index >= 15 is 0 Å². The zero-order chi connectivity index (χ0) is 26.9. The summed E-state index contributed by atoms with van der Waals surface area (Å²) in [7, 11) is 0. The van der Waals surface area contributed by atoms with Gasteiger partial charge in [0.2, 0.25) is 0 Å². The summed E-state index contributed by atoms with van der Waals surface area (Å²) in [5.41, 5.74) is 3.17. The number of anilines is 1. The van der Waals surface area contributed by atoms with Crippen molar-refractivity contribution in [2.24, 2.45) is 0 Å². The highest BCUT2D eigenvalue weighted by molar-refractivity contribution is 5.80. The first-order chi connectivity index (χ1) is 19.1. The fourth-order valence-electron chi connectivity index (χ4n) is 5.90. The smallest absolute Gasteiger partial charge is 0.316 e. The number of aromatic nitrogens is 1. The van der Waals surface area contributed by atoms with E-state index < -0.39 is 11.5 Å². The van der Waals surface area contributed by atoms with Gasteiger partial charge in [0.15, 0.2) is 0 Å². The molecule has 1 atom stereocenters. The van der Waals surface area contributed by atoms with Crippen LogP contribution in [0.1, 0.15) is 66.8 Å². The predicted molar refractivity (Wildman–Crippen MR) is 155 cm³/mol. The summed E-state index contributed by atoms with van der Waals surface area (Å²) in [6.07, 6.45) is 7.85. The Morgan fingerprint density at radius 2 is 1.72 bits per heavy atom. The summed E-state index contributed by atoms with van der Waals surface area (Å²) >= 11 is 0. The quantitative estimate of drug-likeness (QED) is 0.253. The zero-order valence-corrected chi connectivity index (χ0v) is 22.9. The van der Waals surface area contributed by atoms with Crippen LogP contribution >= 0.6 is 0 Å². The van der Waals surface area contributed by atoms with Crippen molar-refractivity contribution < 1.29 is 14.6 Å². The molecule has 1 aromatic heterocycles. The van der Waals surface area contributed by atoms with Crippen molar-refractivity contribution in [1.82, 2.24) is 9.88 Å². The molecule has 1 saturated heterocycles. The molecule has 2 aliphatic rings. The van der Waals surface area contributed by atoms with Gasteiger partial charge in [-0.2, -0.15) is 0 Å². The summed E-state index contributed by atoms with van der Waals surface area (Å²) < 4.78 is 5.73. The molecule has 0 saturated carbocycles. The van der Waals surface area contributed by atoms with Crippen molar-refractivity contribution in [2.45, 2.75) is 69.5 Å². The number of hydrogen-bond acceptors (Lipinski definition) is 6. The predicted octanol–water partition coefficient (Wildman–Crippen LogP) is 5.51. The van der Waals surface area contributed by atoms with Crippen molar-refractivity contribution in [3.8, 4) is 0 Å². The lowest BCUT2D eigenvalue weighted by Crippen LogP contribution is -2.50. The Balaban J connectivity index is 1.09. The van der Waals surface area contributed by atoms with Gasteiger partial charge in [0, 0.05) is 25.3 Å². The molecule has 1 unspecified atom stereocenters. The molecule has 3 aromatic rings. The van der Waals surface area contributed by atoms with Crippen LogP contribution in [0.25, 0.3) is 0 Å². The number of nitrogens with zero attached hydrogens (tertiary/aromatic N) is 2. The minimum atomic E-state index is -1.11. The van der Waals surface area contributed by atoms with Crippen LogP contribution in [-0.4, -0.2) is 52.7 Å². The van der Waals surface area contributed by atoms with E-state index in [2.05, 4.69) is 22.3 Å². The van der Waals surface area contributed by atoms with E-state index in [1.807, 2.05) is 60.7 Å². The van der Waals surface area contributed by atoms with Crippen molar-refractivity contribution in [3.05, 3.63) is 95.2 Å². The number of hydrogen-bond donors (Lipinski definition) is 2. The van der Waals surface area contributed by atoms with E-state index in [0.717, 1.165) is 75.2 Å². The molecule has 39 heavy (non-hydrogen) atoms. The van der Waals surface area contributed by atoms with Gasteiger partial charge in [-0.15, -0.1) is 0 Å². The minimum Gasteiger partial charge on any atom is -0.460 e. The number of rotatable bonds is 11. The first-order valence-corrected chi connectivity index (χ1v) is 14.5.